The Morgan fingerprint density at radius 3 is 3.20 bits per heavy atom. The summed E-state index contributed by atoms with van der Waals surface area (Å²) in [6.07, 6.45) is 4.85. The summed E-state index contributed by atoms with van der Waals surface area (Å²) in [5, 5.41) is 0. The van der Waals surface area contributed by atoms with E-state index in [9.17, 15) is 0 Å². The van der Waals surface area contributed by atoms with Crippen molar-refractivity contribution in [2.24, 2.45) is 11.7 Å². The minimum atomic E-state index is 0.674. The molecule has 54 valence electrons. The lowest BCUT2D eigenvalue weighted by molar-refractivity contribution is 0.800. The highest BCUT2D eigenvalue weighted by Gasteiger charge is 2.37. The first kappa shape index (κ1) is 5.92. The van der Waals surface area contributed by atoms with Crippen molar-refractivity contribution in [2.45, 2.75) is 12.3 Å². The highest BCUT2D eigenvalue weighted by Crippen LogP contribution is 2.45. The van der Waals surface area contributed by atoms with E-state index in [1.165, 1.54) is 12.1 Å². The molecule has 10 heavy (non-hydrogen) atoms. The molecule has 2 rings (SSSR count). The number of H-pyrrole nitrogens is 1. The van der Waals surface area contributed by atoms with Crippen molar-refractivity contribution in [3.8, 4) is 0 Å². The number of hydrogen-bond donors (Lipinski definition) is 2. The second kappa shape index (κ2) is 2.09. The van der Waals surface area contributed by atoms with Gasteiger partial charge >= 0.3 is 0 Å². The quantitative estimate of drug-likeness (QED) is 0.622. The third kappa shape index (κ3) is 0.827. The number of nitrogens with one attached hydrogen (secondary N) is 1. The SMILES string of the molecule is NC[C@@H]1C[C@H]1c1cnc[nH]1. The predicted molar refractivity (Wildman–Crippen MR) is 38.5 cm³/mol. The summed E-state index contributed by atoms with van der Waals surface area (Å²) >= 11 is 0. The minimum absolute atomic E-state index is 0.674. The number of imidazole rings is 1. The topological polar surface area (TPSA) is 54.7 Å². The first-order chi connectivity index (χ1) is 4.92. The number of aromatic amines is 1. The first-order valence-corrected chi connectivity index (χ1v) is 3.60. The van der Waals surface area contributed by atoms with Crippen LogP contribution in [0.5, 0.6) is 0 Å². The normalized spacial score (nSPS) is 30.5. The van der Waals surface area contributed by atoms with Crippen molar-refractivity contribution in [1.29, 1.82) is 0 Å². The summed E-state index contributed by atoms with van der Waals surface area (Å²) in [4.78, 5) is 7.05. The Balaban J connectivity index is 2.05. The van der Waals surface area contributed by atoms with Crippen LogP contribution in [-0.2, 0) is 0 Å². The van der Waals surface area contributed by atoms with Crippen LogP contribution in [0.2, 0.25) is 0 Å². The van der Waals surface area contributed by atoms with E-state index < -0.39 is 0 Å². The van der Waals surface area contributed by atoms with E-state index in [0.29, 0.717) is 11.8 Å². The van der Waals surface area contributed by atoms with Gasteiger partial charge in [0, 0.05) is 17.8 Å². The Labute approximate surface area is 59.7 Å². The molecule has 0 unspecified atom stereocenters. The molecule has 3 heteroatoms. The third-order valence-electron chi connectivity index (χ3n) is 2.14. The average molecular weight is 137 g/mol. The lowest BCUT2D eigenvalue weighted by atomic mass is 10.2. The number of nitrogens with two attached hydrogens (primary N) is 1. The lowest BCUT2D eigenvalue weighted by Crippen LogP contribution is -2.01. The van der Waals surface area contributed by atoms with E-state index in [1.807, 2.05) is 6.20 Å². The van der Waals surface area contributed by atoms with Gasteiger partial charge in [0.05, 0.1) is 6.33 Å². The standard InChI is InChI=1S/C7H11N3/c8-2-5-1-6(5)7-3-9-4-10-7/h3-6H,1-2,8H2,(H,9,10)/t5-,6+/m0/s1. The van der Waals surface area contributed by atoms with Crippen LogP contribution < -0.4 is 5.73 Å². The summed E-state index contributed by atoms with van der Waals surface area (Å²) in [5.74, 6) is 1.38. The molecule has 1 heterocycles. The van der Waals surface area contributed by atoms with Gasteiger partial charge < -0.3 is 10.7 Å². The first-order valence-electron chi connectivity index (χ1n) is 3.60. The summed E-state index contributed by atoms with van der Waals surface area (Å²) in [7, 11) is 0. The van der Waals surface area contributed by atoms with Crippen molar-refractivity contribution >= 4 is 0 Å². The Morgan fingerprint density at radius 2 is 2.70 bits per heavy atom. The Morgan fingerprint density at radius 1 is 1.80 bits per heavy atom. The summed E-state index contributed by atoms with van der Waals surface area (Å²) < 4.78 is 0. The van der Waals surface area contributed by atoms with Gasteiger partial charge in [0.1, 0.15) is 0 Å². The van der Waals surface area contributed by atoms with Gasteiger partial charge in [-0.15, -0.1) is 0 Å². The second-order valence-corrected chi connectivity index (χ2v) is 2.84. The van der Waals surface area contributed by atoms with E-state index >= 15 is 0 Å². The van der Waals surface area contributed by atoms with Crippen molar-refractivity contribution in [3.05, 3.63) is 18.2 Å². The van der Waals surface area contributed by atoms with Crippen LogP contribution in [0.15, 0.2) is 12.5 Å². The fraction of sp³-hybridized carbons (Fsp3) is 0.571. The molecule has 0 bridgehead atoms. The molecular weight excluding hydrogens is 126 g/mol. The van der Waals surface area contributed by atoms with E-state index in [0.717, 1.165) is 6.54 Å². The largest absolute Gasteiger partial charge is 0.348 e. The Hall–Kier alpha value is -0.830. The van der Waals surface area contributed by atoms with Crippen molar-refractivity contribution in [1.82, 2.24) is 9.97 Å². The van der Waals surface area contributed by atoms with Gasteiger partial charge in [-0.25, -0.2) is 4.98 Å². The summed E-state index contributed by atoms with van der Waals surface area (Å²) in [6.45, 7) is 0.809. The zero-order chi connectivity index (χ0) is 6.97. The fourth-order valence-corrected chi connectivity index (χ4v) is 1.36. The molecule has 0 saturated heterocycles. The minimum Gasteiger partial charge on any atom is -0.348 e. The number of nitrogens with zero attached hydrogens (tertiary/aromatic N) is 1. The molecule has 1 fully saturated rings. The maximum Gasteiger partial charge on any atom is 0.0921 e. The van der Waals surface area contributed by atoms with Crippen molar-refractivity contribution in [3.63, 3.8) is 0 Å². The molecule has 0 amide bonds. The van der Waals surface area contributed by atoms with Gasteiger partial charge in [-0.3, -0.25) is 0 Å². The third-order valence-corrected chi connectivity index (χ3v) is 2.14. The van der Waals surface area contributed by atoms with Crippen LogP contribution in [0.4, 0.5) is 0 Å². The Bertz CT molecular complexity index is 205. The van der Waals surface area contributed by atoms with Crippen LogP contribution >= 0.6 is 0 Å². The van der Waals surface area contributed by atoms with Crippen LogP contribution in [0.25, 0.3) is 0 Å². The zero-order valence-electron chi connectivity index (χ0n) is 5.75. The van der Waals surface area contributed by atoms with Crippen LogP contribution in [0.1, 0.15) is 18.0 Å². The van der Waals surface area contributed by atoms with E-state index in [4.69, 9.17) is 5.73 Å². The molecule has 2 atom stereocenters. The van der Waals surface area contributed by atoms with Crippen molar-refractivity contribution < 1.29 is 0 Å². The zero-order valence-corrected chi connectivity index (χ0v) is 5.75. The molecule has 1 aromatic heterocycles. The molecular formula is C7H11N3. The van der Waals surface area contributed by atoms with Crippen molar-refractivity contribution in [2.75, 3.05) is 6.54 Å². The average Bonchev–Trinajstić information content (AvgIpc) is 2.56. The van der Waals surface area contributed by atoms with E-state index in [2.05, 4.69) is 9.97 Å². The van der Waals surface area contributed by atoms with Gasteiger partial charge in [0.15, 0.2) is 0 Å². The molecule has 0 aliphatic heterocycles. The molecule has 0 spiro atoms. The molecule has 1 aliphatic rings. The predicted octanol–water partition coefficient (Wildman–Crippen LogP) is 0.472. The second-order valence-electron chi connectivity index (χ2n) is 2.84. The molecule has 0 aromatic carbocycles. The smallest absolute Gasteiger partial charge is 0.0921 e. The molecule has 3 nitrogen and oxygen atoms in total. The highest BCUT2D eigenvalue weighted by molar-refractivity contribution is 5.14. The van der Waals surface area contributed by atoms with E-state index in [1.54, 1.807) is 6.33 Å². The fourth-order valence-electron chi connectivity index (χ4n) is 1.36. The Kier molecular flexibility index (Phi) is 1.24. The van der Waals surface area contributed by atoms with E-state index in [-0.39, 0.29) is 0 Å². The van der Waals surface area contributed by atoms with Crippen LogP contribution in [0, 0.1) is 5.92 Å². The molecule has 0 radical (unpaired) electrons. The van der Waals surface area contributed by atoms with Crippen LogP contribution in [0.3, 0.4) is 0 Å². The molecule has 1 saturated carbocycles. The summed E-state index contributed by atoms with van der Waals surface area (Å²) in [5.41, 5.74) is 6.74. The number of rotatable bonds is 2. The van der Waals surface area contributed by atoms with Crippen LogP contribution in [-0.4, -0.2) is 16.5 Å². The molecule has 3 N–H and O–H groups in total. The number of hydrogen-bond acceptors (Lipinski definition) is 2. The monoisotopic (exact) mass is 137 g/mol. The van der Waals surface area contributed by atoms with Gasteiger partial charge in [0.2, 0.25) is 0 Å². The highest BCUT2D eigenvalue weighted by atomic mass is 14.9. The maximum atomic E-state index is 5.50. The lowest BCUT2D eigenvalue weighted by Gasteiger charge is -1.90. The van der Waals surface area contributed by atoms with Gasteiger partial charge in [-0.1, -0.05) is 0 Å². The maximum absolute atomic E-state index is 5.50. The van der Waals surface area contributed by atoms with Gasteiger partial charge in [-0.2, -0.15) is 0 Å². The number of aromatic nitrogens is 2. The molecule has 1 aliphatic carbocycles. The van der Waals surface area contributed by atoms with Gasteiger partial charge in [0.25, 0.3) is 0 Å². The molecule has 1 aromatic rings. The van der Waals surface area contributed by atoms with Gasteiger partial charge in [-0.05, 0) is 18.9 Å². The summed E-state index contributed by atoms with van der Waals surface area (Å²) in [6, 6.07) is 0.